The van der Waals surface area contributed by atoms with Crippen LogP contribution in [0.1, 0.15) is 12.8 Å². The monoisotopic (exact) mass is 405 g/mol. The summed E-state index contributed by atoms with van der Waals surface area (Å²) in [6, 6.07) is 5.86. The summed E-state index contributed by atoms with van der Waals surface area (Å²) >= 11 is 0. The van der Waals surface area contributed by atoms with Crippen LogP contribution < -0.4 is 20.7 Å². The Morgan fingerprint density at radius 1 is 1.25 bits per heavy atom. The van der Waals surface area contributed by atoms with Crippen LogP contribution in [0.5, 0.6) is 5.75 Å². The summed E-state index contributed by atoms with van der Waals surface area (Å²) in [4.78, 5) is 31.0. The predicted octanol–water partition coefficient (Wildman–Crippen LogP) is 0.643. The van der Waals surface area contributed by atoms with Gasteiger partial charge in [0.2, 0.25) is 5.95 Å². The first-order chi connectivity index (χ1) is 13.3. The average Bonchev–Trinajstić information content (AvgIpc) is 3.42. The summed E-state index contributed by atoms with van der Waals surface area (Å²) in [5.74, 6) is 0.844. The van der Waals surface area contributed by atoms with Gasteiger partial charge in [0, 0.05) is 13.6 Å². The molecule has 0 radical (unpaired) electrons. The third kappa shape index (κ3) is 3.17. The number of aromatic nitrogens is 4. The number of ether oxygens (including phenoxy) is 1. The van der Waals surface area contributed by atoms with Crippen molar-refractivity contribution < 1.29 is 13.2 Å². The lowest BCUT2D eigenvalue weighted by atomic mass is 10.3. The number of fused-ring (bicyclic) bond motifs is 1. The molecule has 0 amide bonds. The number of nitrogens with zero attached hydrogens (tertiary/aromatic N) is 3. The number of benzene rings is 1. The smallest absolute Gasteiger partial charge is 0.330 e. The second-order valence-corrected chi connectivity index (χ2v) is 8.44. The van der Waals surface area contributed by atoms with E-state index in [1.807, 2.05) is 0 Å². The van der Waals surface area contributed by atoms with Gasteiger partial charge >= 0.3 is 5.69 Å². The van der Waals surface area contributed by atoms with Crippen molar-refractivity contribution in [2.75, 3.05) is 11.8 Å². The molecule has 2 N–H and O–H groups in total. The van der Waals surface area contributed by atoms with Crippen LogP contribution in [0.3, 0.4) is 0 Å². The lowest BCUT2D eigenvalue weighted by Crippen LogP contribution is -2.31. The fourth-order valence-corrected chi connectivity index (χ4v) is 4.03. The van der Waals surface area contributed by atoms with Gasteiger partial charge in [0.15, 0.2) is 11.2 Å². The molecule has 4 rings (SSSR count). The minimum Gasteiger partial charge on any atom is -0.497 e. The van der Waals surface area contributed by atoms with Crippen LogP contribution in [0.25, 0.3) is 11.2 Å². The minimum atomic E-state index is -3.94. The number of methoxy groups -OCH3 is 1. The number of anilines is 1. The van der Waals surface area contributed by atoms with Gasteiger partial charge in [0.1, 0.15) is 5.75 Å². The molecule has 0 atom stereocenters. The van der Waals surface area contributed by atoms with Gasteiger partial charge in [0.25, 0.3) is 15.6 Å². The van der Waals surface area contributed by atoms with Crippen LogP contribution in [0.2, 0.25) is 0 Å². The fourth-order valence-electron chi connectivity index (χ4n) is 3.00. The number of H-pyrrole nitrogens is 1. The molecular weight excluding hydrogens is 386 g/mol. The zero-order chi connectivity index (χ0) is 20.1. The molecule has 0 bridgehead atoms. The highest BCUT2D eigenvalue weighted by atomic mass is 32.2. The van der Waals surface area contributed by atoms with Crippen LogP contribution in [0.15, 0.2) is 38.8 Å². The van der Waals surface area contributed by atoms with Gasteiger partial charge in [0.05, 0.1) is 12.0 Å². The molecule has 148 valence electrons. The third-order valence-corrected chi connectivity index (χ3v) is 6.09. The summed E-state index contributed by atoms with van der Waals surface area (Å²) in [6.45, 7) is 0.438. The van der Waals surface area contributed by atoms with Gasteiger partial charge < -0.3 is 9.30 Å². The molecular formula is C17H19N5O5S. The molecule has 10 nitrogen and oxygen atoms in total. The number of aryl methyl sites for hydroxylation is 1. The first kappa shape index (κ1) is 18.3. The highest BCUT2D eigenvalue weighted by Gasteiger charge is 2.26. The van der Waals surface area contributed by atoms with E-state index in [9.17, 15) is 18.0 Å². The van der Waals surface area contributed by atoms with E-state index < -0.39 is 21.3 Å². The quantitative estimate of drug-likeness (QED) is 0.619. The Balaban J connectivity index is 1.78. The predicted molar refractivity (Wildman–Crippen MR) is 102 cm³/mol. The molecule has 1 saturated carbocycles. The number of nitrogens with one attached hydrogen (secondary N) is 2. The molecule has 28 heavy (non-hydrogen) atoms. The molecule has 2 heterocycles. The fraction of sp³-hybridized carbons (Fsp3) is 0.353. The lowest BCUT2D eigenvalue weighted by molar-refractivity contribution is 0.414. The Labute approximate surface area is 159 Å². The maximum Gasteiger partial charge on any atom is 0.330 e. The molecule has 0 unspecified atom stereocenters. The molecule has 1 aliphatic carbocycles. The maximum atomic E-state index is 12.7. The Kier molecular flexibility index (Phi) is 4.26. The van der Waals surface area contributed by atoms with E-state index in [0.717, 1.165) is 12.8 Å². The summed E-state index contributed by atoms with van der Waals surface area (Å²) in [5.41, 5.74) is -0.868. The highest BCUT2D eigenvalue weighted by Crippen LogP contribution is 2.31. The number of aromatic amines is 1. The van der Waals surface area contributed by atoms with E-state index in [2.05, 4.69) is 14.7 Å². The van der Waals surface area contributed by atoms with E-state index in [1.165, 1.54) is 47.6 Å². The Hall–Kier alpha value is -3.08. The van der Waals surface area contributed by atoms with Crippen molar-refractivity contribution in [3.8, 4) is 5.75 Å². The van der Waals surface area contributed by atoms with Gasteiger partial charge in [-0.1, -0.05) is 0 Å². The summed E-state index contributed by atoms with van der Waals surface area (Å²) in [6.07, 6.45) is 2.02. The molecule has 0 saturated heterocycles. The molecule has 3 aromatic rings. The molecule has 1 fully saturated rings. The van der Waals surface area contributed by atoms with Gasteiger partial charge in [-0.05, 0) is 43.0 Å². The summed E-state index contributed by atoms with van der Waals surface area (Å²) in [7, 11) is -0.941. The van der Waals surface area contributed by atoms with E-state index in [-0.39, 0.29) is 22.0 Å². The van der Waals surface area contributed by atoms with Crippen LogP contribution in [0, 0.1) is 5.92 Å². The molecule has 1 aliphatic rings. The van der Waals surface area contributed by atoms with E-state index >= 15 is 0 Å². The van der Waals surface area contributed by atoms with Gasteiger partial charge in [-0.25, -0.2) is 17.9 Å². The molecule has 0 spiro atoms. The number of imidazole rings is 1. The maximum absolute atomic E-state index is 12.7. The number of rotatable bonds is 6. The van der Waals surface area contributed by atoms with Crippen molar-refractivity contribution in [2.24, 2.45) is 13.0 Å². The topological polar surface area (TPSA) is 128 Å². The first-order valence-corrected chi connectivity index (χ1v) is 10.1. The minimum absolute atomic E-state index is 0.0182. The second-order valence-electron chi connectivity index (χ2n) is 6.76. The van der Waals surface area contributed by atoms with Crippen molar-refractivity contribution in [3.63, 3.8) is 0 Å². The van der Waals surface area contributed by atoms with Crippen LogP contribution in [-0.4, -0.2) is 34.6 Å². The van der Waals surface area contributed by atoms with E-state index in [1.54, 1.807) is 0 Å². The molecule has 0 aliphatic heterocycles. The summed E-state index contributed by atoms with van der Waals surface area (Å²) < 4.78 is 35.5. The average molecular weight is 405 g/mol. The lowest BCUT2D eigenvalue weighted by Gasteiger charge is -2.08. The summed E-state index contributed by atoms with van der Waals surface area (Å²) in [5, 5.41) is 0. The Morgan fingerprint density at radius 3 is 2.54 bits per heavy atom. The normalized spacial score (nSPS) is 14.4. The standard InChI is InChI=1S/C17H19N5O5S/c1-21-13-14(22(9-10-3-4-10)17(24)19-15(13)23)18-16(21)20-28(25,26)12-7-5-11(27-2)6-8-12/h5-8,10H,3-4,9H2,1-2H3,(H,18,20)(H,19,23,24). The molecule has 11 heteroatoms. The Morgan fingerprint density at radius 2 is 1.93 bits per heavy atom. The number of hydrogen-bond donors (Lipinski definition) is 2. The molecule has 1 aromatic carbocycles. The van der Waals surface area contributed by atoms with Crippen molar-refractivity contribution >= 4 is 27.1 Å². The number of hydrogen-bond acceptors (Lipinski definition) is 6. The second kappa shape index (κ2) is 6.51. The number of sulfonamides is 1. The van der Waals surface area contributed by atoms with Gasteiger partial charge in [-0.15, -0.1) is 0 Å². The van der Waals surface area contributed by atoms with Gasteiger partial charge in [-0.2, -0.15) is 4.98 Å². The third-order valence-electron chi connectivity index (χ3n) is 4.75. The van der Waals surface area contributed by atoms with E-state index in [0.29, 0.717) is 18.2 Å². The van der Waals surface area contributed by atoms with Crippen LogP contribution >= 0.6 is 0 Å². The van der Waals surface area contributed by atoms with Crippen LogP contribution in [0.4, 0.5) is 5.95 Å². The molecule has 2 aromatic heterocycles. The van der Waals surface area contributed by atoms with Crippen molar-refractivity contribution in [1.29, 1.82) is 0 Å². The first-order valence-electron chi connectivity index (χ1n) is 8.66. The largest absolute Gasteiger partial charge is 0.497 e. The van der Waals surface area contributed by atoms with Gasteiger partial charge in [-0.3, -0.25) is 14.3 Å². The SMILES string of the molecule is COc1ccc(S(=O)(=O)Nc2nc3c(c(=O)[nH]c(=O)n3CC3CC3)n2C)cc1. The van der Waals surface area contributed by atoms with Crippen LogP contribution in [-0.2, 0) is 23.6 Å². The van der Waals surface area contributed by atoms with Crippen molar-refractivity contribution in [2.45, 2.75) is 24.3 Å². The zero-order valence-corrected chi connectivity index (χ0v) is 16.1. The Bertz CT molecular complexity index is 1270. The van der Waals surface area contributed by atoms with Crippen molar-refractivity contribution in [1.82, 2.24) is 19.1 Å². The van der Waals surface area contributed by atoms with E-state index in [4.69, 9.17) is 4.74 Å². The van der Waals surface area contributed by atoms with Crippen molar-refractivity contribution in [3.05, 3.63) is 45.1 Å². The highest BCUT2D eigenvalue weighted by molar-refractivity contribution is 7.92. The zero-order valence-electron chi connectivity index (χ0n) is 15.3.